The van der Waals surface area contributed by atoms with Crippen LogP contribution >= 0.6 is 0 Å². The van der Waals surface area contributed by atoms with Gasteiger partial charge >= 0.3 is 6.18 Å². The predicted molar refractivity (Wildman–Crippen MR) is 98.4 cm³/mol. The Morgan fingerprint density at radius 1 is 0.929 bits per heavy atom. The fraction of sp³-hybridized carbons (Fsp3) is 0.263. The first-order valence-corrected chi connectivity index (χ1v) is 8.44. The highest BCUT2D eigenvalue weighted by Gasteiger charge is 2.30. The molecule has 0 atom stereocenters. The number of hydrogen-bond acceptors (Lipinski definition) is 2. The largest absolute Gasteiger partial charge is 0.416 e. The minimum atomic E-state index is -4.43. The smallest absolute Gasteiger partial charge is 0.355 e. The van der Waals surface area contributed by atoms with Crippen molar-refractivity contribution in [3.05, 3.63) is 71.0 Å². The molecule has 28 heavy (non-hydrogen) atoms. The van der Waals surface area contributed by atoms with Gasteiger partial charge in [-0.2, -0.15) is 13.2 Å². The van der Waals surface area contributed by atoms with Crippen LogP contribution in [0.25, 0.3) is 0 Å². The molecular formula is C19H20F4N4O. The lowest BCUT2D eigenvalue weighted by Gasteiger charge is -2.12. The highest BCUT2D eigenvalue weighted by atomic mass is 19.4. The number of amides is 1. The maximum absolute atomic E-state index is 12.9. The molecule has 0 aliphatic rings. The molecule has 5 nitrogen and oxygen atoms in total. The van der Waals surface area contributed by atoms with Gasteiger partial charge in [0.25, 0.3) is 5.91 Å². The third-order valence-electron chi connectivity index (χ3n) is 3.77. The third-order valence-corrected chi connectivity index (χ3v) is 3.77. The monoisotopic (exact) mass is 396 g/mol. The molecule has 0 radical (unpaired) electrons. The van der Waals surface area contributed by atoms with Crippen molar-refractivity contribution in [1.29, 1.82) is 0 Å². The highest BCUT2D eigenvalue weighted by molar-refractivity contribution is 5.94. The lowest BCUT2D eigenvalue weighted by atomic mass is 10.1. The summed E-state index contributed by atoms with van der Waals surface area (Å²) in [5.74, 6) is -0.284. The summed E-state index contributed by atoms with van der Waals surface area (Å²) in [5.41, 5.74) is 0.216. The second kappa shape index (κ2) is 9.72. The van der Waals surface area contributed by atoms with Gasteiger partial charge in [-0.1, -0.05) is 12.1 Å². The van der Waals surface area contributed by atoms with Gasteiger partial charge in [-0.05, 0) is 42.0 Å². The Morgan fingerprint density at radius 3 is 2.11 bits per heavy atom. The van der Waals surface area contributed by atoms with Gasteiger partial charge in [-0.3, -0.25) is 9.79 Å². The number of alkyl halides is 3. The predicted octanol–water partition coefficient (Wildman–Crippen LogP) is 2.94. The van der Waals surface area contributed by atoms with Crippen molar-refractivity contribution in [3.8, 4) is 0 Å². The average Bonchev–Trinajstić information content (AvgIpc) is 2.68. The van der Waals surface area contributed by atoms with Crippen molar-refractivity contribution < 1.29 is 22.4 Å². The molecule has 2 aromatic rings. The molecular weight excluding hydrogens is 376 g/mol. The maximum Gasteiger partial charge on any atom is 0.416 e. The summed E-state index contributed by atoms with van der Waals surface area (Å²) in [6, 6.07) is 10.0. The molecule has 150 valence electrons. The van der Waals surface area contributed by atoms with Gasteiger partial charge in [0.1, 0.15) is 5.82 Å². The van der Waals surface area contributed by atoms with Crippen LogP contribution in [0.1, 0.15) is 21.5 Å². The first kappa shape index (κ1) is 21.2. The summed E-state index contributed by atoms with van der Waals surface area (Å²) in [7, 11) is 1.58. The molecule has 2 aromatic carbocycles. The third kappa shape index (κ3) is 6.57. The molecule has 0 heterocycles. The zero-order chi connectivity index (χ0) is 20.6. The van der Waals surface area contributed by atoms with Crippen molar-refractivity contribution in [1.82, 2.24) is 16.0 Å². The first-order chi connectivity index (χ1) is 13.3. The van der Waals surface area contributed by atoms with Gasteiger partial charge in [-0.25, -0.2) is 4.39 Å². The summed E-state index contributed by atoms with van der Waals surface area (Å²) in [4.78, 5) is 16.0. The molecule has 0 saturated carbocycles. The second-order valence-electron chi connectivity index (χ2n) is 5.81. The number of aliphatic imine (C=N–C) groups is 1. The normalized spacial score (nSPS) is 11.8. The number of nitrogens with one attached hydrogen (secondary N) is 3. The van der Waals surface area contributed by atoms with Crippen LogP contribution in [0.15, 0.2) is 53.5 Å². The number of benzene rings is 2. The van der Waals surface area contributed by atoms with E-state index in [9.17, 15) is 22.4 Å². The molecule has 3 N–H and O–H groups in total. The van der Waals surface area contributed by atoms with Crippen molar-refractivity contribution in [3.63, 3.8) is 0 Å². The molecule has 0 spiro atoms. The van der Waals surface area contributed by atoms with Crippen molar-refractivity contribution in [2.75, 3.05) is 20.1 Å². The lowest BCUT2D eigenvalue weighted by molar-refractivity contribution is -0.137. The fourth-order valence-electron chi connectivity index (χ4n) is 2.28. The number of carbonyl (C=O) groups is 1. The Kier molecular flexibility index (Phi) is 7.36. The maximum atomic E-state index is 12.9. The number of nitrogens with zero attached hydrogens (tertiary/aromatic N) is 1. The highest BCUT2D eigenvalue weighted by Crippen LogP contribution is 2.29. The minimum Gasteiger partial charge on any atom is -0.355 e. The SMILES string of the molecule is CN=C(NCCNC(=O)c1ccc(C(F)(F)F)cc1)NCc1ccc(F)cc1. The van der Waals surface area contributed by atoms with Crippen molar-refractivity contribution in [2.45, 2.75) is 12.7 Å². The minimum absolute atomic E-state index is 0.145. The van der Waals surface area contributed by atoms with E-state index >= 15 is 0 Å². The van der Waals surface area contributed by atoms with E-state index in [2.05, 4.69) is 20.9 Å². The Balaban J connectivity index is 1.73. The average molecular weight is 396 g/mol. The Morgan fingerprint density at radius 2 is 1.54 bits per heavy atom. The van der Waals surface area contributed by atoms with Crippen LogP contribution in [-0.2, 0) is 12.7 Å². The second-order valence-corrected chi connectivity index (χ2v) is 5.81. The molecule has 1 amide bonds. The number of carbonyl (C=O) groups excluding carboxylic acids is 1. The summed E-state index contributed by atoms with van der Waals surface area (Å²) in [6.45, 7) is 1.05. The molecule has 2 rings (SSSR count). The Labute approximate surface area is 159 Å². The van der Waals surface area contributed by atoms with E-state index in [1.165, 1.54) is 12.1 Å². The summed E-state index contributed by atoms with van der Waals surface area (Å²) in [6.07, 6.45) is -4.43. The summed E-state index contributed by atoms with van der Waals surface area (Å²) < 4.78 is 50.5. The molecule has 0 aromatic heterocycles. The van der Waals surface area contributed by atoms with Gasteiger partial charge in [0, 0.05) is 32.2 Å². The topological polar surface area (TPSA) is 65.5 Å². The van der Waals surface area contributed by atoms with Crippen LogP contribution in [0, 0.1) is 5.82 Å². The Bertz CT molecular complexity index is 802. The standard InChI is InChI=1S/C19H20F4N4O/c1-24-18(27-12-13-2-8-16(20)9-3-13)26-11-10-25-17(28)14-4-6-15(7-5-14)19(21,22)23/h2-9H,10-12H2,1H3,(H,25,28)(H2,24,26,27). The lowest BCUT2D eigenvalue weighted by Crippen LogP contribution is -2.41. The number of guanidine groups is 1. The van der Waals surface area contributed by atoms with E-state index in [0.29, 0.717) is 19.0 Å². The van der Waals surface area contributed by atoms with Crippen LogP contribution in [-0.4, -0.2) is 32.0 Å². The van der Waals surface area contributed by atoms with Gasteiger partial charge in [0.2, 0.25) is 0 Å². The molecule has 0 unspecified atom stereocenters. The van der Waals surface area contributed by atoms with Crippen LogP contribution in [0.5, 0.6) is 0 Å². The summed E-state index contributed by atoms with van der Waals surface area (Å²) >= 11 is 0. The molecule has 0 bridgehead atoms. The van der Waals surface area contributed by atoms with E-state index in [1.807, 2.05) is 0 Å². The molecule has 9 heteroatoms. The van der Waals surface area contributed by atoms with Crippen LogP contribution in [0.2, 0.25) is 0 Å². The molecule has 0 aliphatic heterocycles. The number of hydrogen-bond donors (Lipinski definition) is 3. The number of rotatable bonds is 6. The van der Waals surface area contributed by atoms with E-state index in [-0.39, 0.29) is 17.9 Å². The first-order valence-electron chi connectivity index (χ1n) is 8.44. The quantitative estimate of drug-likeness (QED) is 0.305. The van der Waals surface area contributed by atoms with E-state index in [1.54, 1.807) is 19.2 Å². The van der Waals surface area contributed by atoms with Crippen LogP contribution in [0.4, 0.5) is 17.6 Å². The molecule has 0 fully saturated rings. The van der Waals surface area contributed by atoms with Crippen LogP contribution in [0.3, 0.4) is 0 Å². The zero-order valence-corrected chi connectivity index (χ0v) is 15.1. The van der Waals surface area contributed by atoms with Crippen molar-refractivity contribution in [2.24, 2.45) is 4.99 Å². The van der Waals surface area contributed by atoms with Crippen molar-refractivity contribution >= 4 is 11.9 Å². The van der Waals surface area contributed by atoms with Gasteiger partial charge < -0.3 is 16.0 Å². The van der Waals surface area contributed by atoms with E-state index in [0.717, 1.165) is 29.8 Å². The van der Waals surface area contributed by atoms with Gasteiger partial charge in [0.15, 0.2) is 5.96 Å². The van der Waals surface area contributed by atoms with Gasteiger partial charge in [-0.15, -0.1) is 0 Å². The number of halogens is 4. The fourth-order valence-corrected chi connectivity index (χ4v) is 2.28. The van der Waals surface area contributed by atoms with Gasteiger partial charge in [0.05, 0.1) is 5.56 Å². The zero-order valence-electron chi connectivity index (χ0n) is 15.1. The Hall–Kier alpha value is -3.10. The molecule has 0 aliphatic carbocycles. The van der Waals surface area contributed by atoms with E-state index in [4.69, 9.17) is 0 Å². The van der Waals surface area contributed by atoms with Crippen LogP contribution < -0.4 is 16.0 Å². The summed E-state index contributed by atoms with van der Waals surface area (Å²) in [5, 5.41) is 8.64. The molecule has 0 saturated heterocycles. The van der Waals surface area contributed by atoms with E-state index < -0.39 is 17.6 Å².